The summed E-state index contributed by atoms with van der Waals surface area (Å²) < 4.78 is 13.5. The van der Waals surface area contributed by atoms with E-state index in [1.54, 1.807) is 15.9 Å². The molecule has 0 aliphatic rings. The number of fused-ring (bicyclic) bond motifs is 1. The SMILES string of the molecule is CCCCOc1c(CNC(=O)OC(C)(C)C)n(CC(C)C)c(=O)c2ccc(-c3nc(C)cs3)cc12. The maximum absolute atomic E-state index is 13.6. The zero-order valence-electron chi connectivity index (χ0n) is 21.9. The van der Waals surface area contributed by atoms with Gasteiger partial charge in [0.2, 0.25) is 0 Å². The Bertz CT molecular complexity index is 1240. The van der Waals surface area contributed by atoms with Gasteiger partial charge in [0, 0.05) is 28.6 Å². The van der Waals surface area contributed by atoms with Crippen molar-refractivity contribution in [2.24, 2.45) is 5.92 Å². The van der Waals surface area contributed by atoms with Crippen molar-refractivity contribution in [3.8, 4) is 16.3 Å². The van der Waals surface area contributed by atoms with Gasteiger partial charge in [-0.15, -0.1) is 11.3 Å². The third-order valence-corrected chi connectivity index (χ3v) is 6.29. The number of alkyl carbamates (subject to hydrolysis) is 1. The van der Waals surface area contributed by atoms with E-state index in [4.69, 9.17) is 9.47 Å². The van der Waals surface area contributed by atoms with Crippen LogP contribution >= 0.6 is 11.3 Å². The summed E-state index contributed by atoms with van der Waals surface area (Å²) in [5, 5.41) is 7.06. The first kappa shape index (κ1) is 26.7. The summed E-state index contributed by atoms with van der Waals surface area (Å²) in [5.74, 6) is 0.853. The molecule has 0 unspecified atom stereocenters. The van der Waals surface area contributed by atoms with Crippen LogP contribution in [0.4, 0.5) is 4.79 Å². The summed E-state index contributed by atoms with van der Waals surface area (Å²) in [6.07, 6.45) is 1.33. The molecule has 35 heavy (non-hydrogen) atoms. The summed E-state index contributed by atoms with van der Waals surface area (Å²) in [6, 6.07) is 5.78. The molecule has 0 saturated carbocycles. The number of unbranched alkanes of at least 4 members (excludes halogenated alkanes) is 1. The largest absolute Gasteiger partial charge is 0.491 e. The van der Waals surface area contributed by atoms with Crippen LogP contribution in [0.3, 0.4) is 0 Å². The van der Waals surface area contributed by atoms with E-state index < -0.39 is 11.7 Å². The van der Waals surface area contributed by atoms with Gasteiger partial charge >= 0.3 is 6.09 Å². The van der Waals surface area contributed by atoms with Gasteiger partial charge in [-0.2, -0.15) is 0 Å². The van der Waals surface area contributed by atoms with Gasteiger partial charge < -0.3 is 19.4 Å². The number of thiazole rings is 1. The van der Waals surface area contributed by atoms with Crippen molar-refractivity contribution >= 4 is 28.2 Å². The zero-order chi connectivity index (χ0) is 25.8. The molecule has 2 aromatic heterocycles. The number of ether oxygens (including phenoxy) is 2. The van der Waals surface area contributed by atoms with Gasteiger partial charge in [-0.25, -0.2) is 9.78 Å². The molecule has 0 radical (unpaired) electrons. The second-order valence-electron chi connectivity index (χ2n) is 10.2. The van der Waals surface area contributed by atoms with Crippen molar-refractivity contribution < 1.29 is 14.3 Å². The van der Waals surface area contributed by atoms with E-state index in [-0.39, 0.29) is 18.0 Å². The Balaban J connectivity index is 2.18. The van der Waals surface area contributed by atoms with Crippen LogP contribution in [0, 0.1) is 12.8 Å². The van der Waals surface area contributed by atoms with Crippen molar-refractivity contribution in [2.75, 3.05) is 6.61 Å². The van der Waals surface area contributed by atoms with E-state index in [1.807, 2.05) is 51.3 Å². The fourth-order valence-corrected chi connectivity index (χ4v) is 4.56. The van der Waals surface area contributed by atoms with Gasteiger partial charge in [-0.3, -0.25) is 4.79 Å². The van der Waals surface area contributed by atoms with Crippen molar-refractivity contribution in [3.63, 3.8) is 0 Å². The minimum atomic E-state index is -0.619. The molecule has 1 aromatic carbocycles. The highest BCUT2D eigenvalue weighted by molar-refractivity contribution is 7.13. The highest BCUT2D eigenvalue weighted by Gasteiger charge is 2.22. The van der Waals surface area contributed by atoms with Crippen molar-refractivity contribution in [3.05, 3.63) is 45.3 Å². The van der Waals surface area contributed by atoms with E-state index in [0.29, 0.717) is 30.0 Å². The molecule has 0 aliphatic carbocycles. The molecular formula is C27H37N3O4S. The second kappa shape index (κ2) is 11.2. The van der Waals surface area contributed by atoms with Crippen LogP contribution < -0.4 is 15.6 Å². The van der Waals surface area contributed by atoms with E-state index in [9.17, 15) is 9.59 Å². The fraction of sp³-hybridized carbons (Fsp3) is 0.519. The number of hydrogen-bond acceptors (Lipinski definition) is 6. The Kier molecular flexibility index (Phi) is 8.59. The molecule has 2 heterocycles. The van der Waals surface area contributed by atoms with Crippen molar-refractivity contribution in [1.29, 1.82) is 0 Å². The average Bonchev–Trinajstić information content (AvgIpc) is 3.20. The van der Waals surface area contributed by atoms with Gasteiger partial charge in [0.15, 0.2) is 0 Å². The first-order chi connectivity index (χ1) is 16.5. The van der Waals surface area contributed by atoms with Crippen molar-refractivity contribution in [1.82, 2.24) is 14.9 Å². The third-order valence-electron chi connectivity index (χ3n) is 5.28. The first-order valence-electron chi connectivity index (χ1n) is 12.2. The summed E-state index contributed by atoms with van der Waals surface area (Å²) in [6.45, 7) is 14.8. The molecule has 190 valence electrons. The molecule has 0 aliphatic heterocycles. The molecule has 0 spiro atoms. The number of amides is 1. The molecule has 0 fully saturated rings. The lowest BCUT2D eigenvalue weighted by molar-refractivity contribution is 0.0521. The minimum Gasteiger partial charge on any atom is -0.491 e. The summed E-state index contributed by atoms with van der Waals surface area (Å²) >= 11 is 1.57. The number of rotatable bonds is 9. The summed E-state index contributed by atoms with van der Waals surface area (Å²) in [4.78, 5) is 30.7. The minimum absolute atomic E-state index is 0.0978. The maximum atomic E-state index is 13.6. The Morgan fingerprint density at radius 2 is 1.97 bits per heavy atom. The predicted octanol–water partition coefficient (Wildman–Crippen LogP) is 6.29. The molecule has 0 bridgehead atoms. The number of pyridine rings is 1. The average molecular weight is 500 g/mol. The topological polar surface area (TPSA) is 82.5 Å². The molecule has 1 amide bonds. The zero-order valence-corrected chi connectivity index (χ0v) is 22.7. The second-order valence-corrected chi connectivity index (χ2v) is 11.1. The van der Waals surface area contributed by atoms with Gasteiger partial charge in [-0.1, -0.05) is 33.3 Å². The first-order valence-corrected chi connectivity index (χ1v) is 13.1. The number of aryl methyl sites for hydroxylation is 1. The lowest BCUT2D eigenvalue weighted by Gasteiger charge is -2.23. The highest BCUT2D eigenvalue weighted by atomic mass is 32.1. The van der Waals surface area contributed by atoms with E-state index in [1.165, 1.54) is 0 Å². The predicted molar refractivity (Wildman–Crippen MR) is 142 cm³/mol. The molecule has 0 saturated heterocycles. The Labute approximate surface area is 211 Å². The number of nitrogens with one attached hydrogen (secondary N) is 1. The number of benzene rings is 1. The summed E-state index contributed by atoms with van der Waals surface area (Å²) in [7, 11) is 0. The molecule has 0 atom stereocenters. The van der Waals surface area contributed by atoms with Crippen LogP contribution in [0.15, 0.2) is 28.4 Å². The van der Waals surface area contributed by atoms with E-state index in [0.717, 1.165) is 34.5 Å². The van der Waals surface area contributed by atoms with Crippen molar-refractivity contribution in [2.45, 2.75) is 80.0 Å². The molecule has 3 aromatic rings. The Morgan fingerprint density at radius 1 is 1.23 bits per heavy atom. The standard InChI is InChI=1S/C27H37N3O4S/c1-8-9-12-33-23-21-13-19(24-29-18(4)16-35-24)10-11-20(21)25(31)30(15-17(2)3)22(23)14-28-26(32)34-27(5,6)7/h10-11,13,16-17H,8-9,12,14-15H2,1-7H3,(H,28,32). The molecular weight excluding hydrogens is 462 g/mol. The van der Waals surface area contributed by atoms with Gasteiger partial charge in [-0.05, 0) is 52.2 Å². The van der Waals surface area contributed by atoms with Gasteiger partial charge in [0.1, 0.15) is 16.4 Å². The van der Waals surface area contributed by atoms with E-state index in [2.05, 4.69) is 31.1 Å². The fourth-order valence-electron chi connectivity index (χ4n) is 3.77. The Morgan fingerprint density at radius 3 is 2.57 bits per heavy atom. The van der Waals surface area contributed by atoms with Crippen LogP contribution in [-0.4, -0.2) is 27.9 Å². The van der Waals surface area contributed by atoms with Crippen LogP contribution in [0.2, 0.25) is 0 Å². The lowest BCUT2D eigenvalue weighted by atomic mass is 10.0. The normalized spacial score (nSPS) is 11.8. The number of carbonyl (C=O) groups is 1. The third kappa shape index (κ3) is 6.84. The smallest absolute Gasteiger partial charge is 0.407 e. The molecule has 1 N–H and O–H groups in total. The quantitative estimate of drug-likeness (QED) is 0.350. The highest BCUT2D eigenvalue weighted by Crippen LogP contribution is 2.33. The summed E-state index contributed by atoms with van der Waals surface area (Å²) in [5.41, 5.74) is 1.82. The monoisotopic (exact) mass is 499 g/mol. The molecule has 3 rings (SSSR count). The molecule has 7 nitrogen and oxygen atoms in total. The number of nitrogens with zero attached hydrogens (tertiary/aromatic N) is 2. The molecule has 8 heteroatoms. The van der Waals surface area contributed by atoms with Gasteiger partial charge in [0.05, 0.1) is 24.2 Å². The number of aromatic nitrogens is 2. The van der Waals surface area contributed by atoms with E-state index >= 15 is 0 Å². The van der Waals surface area contributed by atoms with Gasteiger partial charge in [0.25, 0.3) is 5.56 Å². The number of hydrogen-bond donors (Lipinski definition) is 1. The van der Waals surface area contributed by atoms with Crippen LogP contribution in [-0.2, 0) is 17.8 Å². The van der Waals surface area contributed by atoms with Crippen LogP contribution in [0.1, 0.15) is 65.8 Å². The Hall–Kier alpha value is -2.87. The number of carbonyl (C=O) groups excluding carboxylic acids is 1. The lowest BCUT2D eigenvalue weighted by Crippen LogP contribution is -2.35. The maximum Gasteiger partial charge on any atom is 0.407 e. The van der Waals surface area contributed by atoms with Crippen LogP contribution in [0.5, 0.6) is 5.75 Å². The van der Waals surface area contributed by atoms with Crippen LogP contribution in [0.25, 0.3) is 21.3 Å².